The van der Waals surface area contributed by atoms with Gasteiger partial charge in [0.1, 0.15) is 5.75 Å². The molecule has 0 aromatic heterocycles. The molecule has 0 bridgehead atoms. The first-order valence-electron chi connectivity index (χ1n) is 10.6. The summed E-state index contributed by atoms with van der Waals surface area (Å²) in [6.07, 6.45) is 1.11. The van der Waals surface area contributed by atoms with Crippen LogP contribution in [-0.2, 0) is 4.79 Å². The van der Waals surface area contributed by atoms with Crippen LogP contribution in [0.25, 0.3) is 10.8 Å². The van der Waals surface area contributed by atoms with Crippen LogP contribution in [0.4, 0.5) is 11.4 Å². The highest BCUT2D eigenvalue weighted by Gasteiger charge is 2.14. The summed E-state index contributed by atoms with van der Waals surface area (Å²) in [6, 6.07) is 22.4. The van der Waals surface area contributed by atoms with Gasteiger partial charge in [0, 0.05) is 49.4 Å². The predicted molar refractivity (Wildman–Crippen MR) is 123 cm³/mol. The highest BCUT2D eigenvalue weighted by atomic mass is 16.5. The maximum absolute atomic E-state index is 12.3. The number of nitrogens with one attached hydrogen (secondary N) is 1. The molecule has 0 unspecified atom stereocenters. The van der Waals surface area contributed by atoms with Crippen molar-refractivity contribution in [2.75, 3.05) is 50.1 Å². The van der Waals surface area contributed by atoms with Gasteiger partial charge in [-0.3, -0.25) is 4.79 Å². The van der Waals surface area contributed by atoms with Crippen LogP contribution in [0.15, 0.2) is 66.7 Å². The van der Waals surface area contributed by atoms with Crippen LogP contribution in [0, 0.1) is 0 Å². The number of hydrogen-bond donors (Lipinski definition) is 1. The lowest BCUT2D eigenvalue weighted by Crippen LogP contribution is -2.44. The Labute approximate surface area is 178 Å². The van der Waals surface area contributed by atoms with Crippen LogP contribution >= 0.6 is 0 Å². The Balaban J connectivity index is 1.22. The molecule has 0 spiro atoms. The predicted octanol–water partition coefficient (Wildman–Crippen LogP) is 4.39. The number of nitrogens with zero attached hydrogens (tertiary/aromatic N) is 2. The first kappa shape index (κ1) is 20.2. The maximum Gasteiger partial charge on any atom is 0.224 e. The summed E-state index contributed by atoms with van der Waals surface area (Å²) in [6.45, 7) is 4.76. The third-order valence-corrected chi connectivity index (χ3v) is 5.57. The number of likely N-dealkylation sites (N-methyl/N-ethyl adjacent to an activating group) is 1. The summed E-state index contributed by atoms with van der Waals surface area (Å²) in [5, 5.41) is 5.25. The standard InChI is InChI=1S/C25H29N3O2/c1-27-15-17-28(18-16-27)22-13-11-21(12-14-22)26-25(29)10-5-19-30-24-9-4-7-20-6-2-3-8-23(20)24/h2-4,6-9,11-14H,5,10,15-19H2,1H3,(H,26,29). The fourth-order valence-electron chi connectivity index (χ4n) is 3.78. The fraction of sp³-hybridized carbons (Fsp3) is 0.320. The van der Waals surface area contributed by atoms with E-state index < -0.39 is 0 Å². The van der Waals surface area contributed by atoms with Gasteiger partial charge in [-0.25, -0.2) is 0 Å². The van der Waals surface area contributed by atoms with Crippen molar-refractivity contribution >= 4 is 28.1 Å². The number of ether oxygens (including phenoxy) is 1. The first-order chi connectivity index (χ1) is 14.7. The van der Waals surface area contributed by atoms with Crippen LogP contribution in [-0.4, -0.2) is 50.6 Å². The smallest absolute Gasteiger partial charge is 0.224 e. The van der Waals surface area contributed by atoms with Crippen molar-refractivity contribution in [3.8, 4) is 5.75 Å². The van der Waals surface area contributed by atoms with Gasteiger partial charge in [-0.15, -0.1) is 0 Å². The van der Waals surface area contributed by atoms with E-state index >= 15 is 0 Å². The second-order valence-corrected chi connectivity index (χ2v) is 7.81. The van der Waals surface area contributed by atoms with Crippen molar-refractivity contribution in [2.45, 2.75) is 12.8 Å². The molecule has 3 aromatic carbocycles. The molecular weight excluding hydrogens is 374 g/mol. The molecule has 5 heteroatoms. The van der Waals surface area contributed by atoms with Crippen molar-refractivity contribution in [3.05, 3.63) is 66.7 Å². The minimum Gasteiger partial charge on any atom is -0.493 e. The van der Waals surface area contributed by atoms with E-state index in [0.717, 1.165) is 48.4 Å². The lowest BCUT2D eigenvalue weighted by Gasteiger charge is -2.34. The van der Waals surface area contributed by atoms with E-state index in [4.69, 9.17) is 4.74 Å². The number of carbonyl (C=O) groups is 1. The Kier molecular flexibility index (Phi) is 6.50. The number of fused-ring (bicyclic) bond motifs is 1. The molecule has 1 heterocycles. The molecule has 1 amide bonds. The summed E-state index contributed by atoms with van der Waals surface area (Å²) < 4.78 is 5.92. The average molecular weight is 404 g/mol. The topological polar surface area (TPSA) is 44.8 Å². The van der Waals surface area contributed by atoms with Crippen molar-refractivity contribution in [1.29, 1.82) is 0 Å². The van der Waals surface area contributed by atoms with Gasteiger partial charge >= 0.3 is 0 Å². The summed E-state index contributed by atoms with van der Waals surface area (Å²) in [7, 11) is 2.16. The minimum atomic E-state index is 0.0175. The Hall–Kier alpha value is -3.05. The SMILES string of the molecule is CN1CCN(c2ccc(NC(=O)CCCOc3cccc4ccccc34)cc2)CC1. The number of rotatable bonds is 7. The molecule has 0 radical (unpaired) electrons. The number of amides is 1. The van der Waals surface area contributed by atoms with Crippen LogP contribution in [0.2, 0.25) is 0 Å². The molecule has 1 N–H and O–H groups in total. The number of carbonyl (C=O) groups excluding carboxylic acids is 1. The van der Waals surface area contributed by atoms with Crippen molar-refractivity contribution in [1.82, 2.24) is 4.90 Å². The Bertz CT molecular complexity index is 974. The summed E-state index contributed by atoms with van der Waals surface area (Å²) >= 11 is 0. The molecule has 4 rings (SSSR count). The Morgan fingerprint density at radius 2 is 1.67 bits per heavy atom. The van der Waals surface area contributed by atoms with Crippen molar-refractivity contribution in [2.24, 2.45) is 0 Å². The minimum absolute atomic E-state index is 0.0175. The van der Waals surface area contributed by atoms with Crippen molar-refractivity contribution < 1.29 is 9.53 Å². The zero-order valence-corrected chi connectivity index (χ0v) is 17.5. The van der Waals surface area contributed by atoms with Gasteiger partial charge in [-0.1, -0.05) is 36.4 Å². The van der Waals surface area contributed by atoms with Crippen molar-refractivity contribution in [3.63, 3.8) is 0 Å². The second-order valence-electron chi connectivity index (χ2n) is 7.81. The van der Waals surface area contributed by atoms with Crippen LogP contribution in [0.5, 0.6) is 5.75 Å². The monoisotopic (exact) mass is 403 g/mol. The molecule has 5 nitrogen and oxygen atoms in total. The summed E-state index contributed by atoms with van der Waals surface area (Å²) in [5.74, 6) is 0.886. The average Bonchev–Trinajstić information content (AvgIpc) is 2.78. The summed E-state index contributed by atoms with van der Waals surface area (Å²) in [5.41, 5.74) is 2.05. The molecule has 1 aliphatic rings. The normalized spacial score (nSPS) is 14.6. The van der Waals surface area contributed by atoms with E-state index in [0.29, 0.717) is 19.4 Å². The number of piperazine rings is 1. The lowest BCUT2D eigenvalue weighted by molar-refractivity contribution is -0.116. The molecule has 156 valence electrons. The molecule has 1 saturated heterocycles. The number of anilines is 2. The van der Waals surface area contributed by atoms with Crippen LogP contribution in [0.3, 0.4) is 0 Å². The number of benzene rings is 3. The quantitative estimate of drug-likeness (QED) is 0.595. The van der Waals surface area contributed by atoms with Crippen LogP contribution in [0.1, 0.15) is 12.8 Å². The molecule has 3 aromatic rings. The van der Waals surface area contributed by atoms with E-state index in [1.54, 1.807) is 0 Å². The van der Waals surface area contributed by atoms with E-state index in [2.05, 4.69) is 52.5 Å². The zero-order valence-electron chi connectivity index (χ0n) is 17.5. The summed E-state index contributed by atoms with van der Waals surface area (Å²) in [4.78, 5) is 17.0. The number of hydrogen-bond acceptors (Lipinski definition) is 4. The van der Waals surface area contributed by atoms with Gasteiger partial charge < -0.3 is 19.9 Å². The molecule has 1 fully saturated rings. The van der Waals surface area contributed by atoms with E-state index in [9.17, 15) is 4.79 Å². The van der Waals surface area contributed by atoms with Gasteiger partial charge in [0.15, 0.2) is 0 Å². The second kappa shape index (κ2) is 9.63. The van der Waals surface area contributed by atoms with Gasteiger partial charge in [0.05, 0.1) is 6.61 Å². The van der Waals surface area contributed by atoms with Gasteiger partial charge in [-0.05, 0) is 49.2 Å². The highest BCUT2D eigenvalue weighted by molar-refractivity contribution is 5.91. The van der Waals surface area contributed by atoms with Gasteiger partial charge in [-0.2, -0.15) is 0 Å². The third-order valence-electron chi connectivity index (χ3n) is 5.57. The molecule has 0 aliphatic carbocycles. The fourth-order valence-corrected chi connectivity index (χ4v) is 3.78. The highest BCUT2D eigenvalue weighted by Crippen LogP contribution is 2.25. The third kappa shape index (κ3) is 5.10. The lowest BCUT2D eigenvalue weighted by atomic mass is 10.1. The largest absolute Gasteiger partial charge is 0.493 e. The maximum atomic E-state index is 12.3. The van der Waals surface area contributed by atoms with E-state index in [1.807, 2.05) is 36.4 Å². The molecule has 1 aliphatic heterocycles. The zero-order chi connectivity index (χ0) is 20.8. The van der Waals surface area contributed by atoms with Crippen LogP contribution < -0.4 is 15.0 Å². The van der Waals surface area contributed by atoms with E-state index in [-0.39, 0.29) is 5.91 Å². The Morgan fingerprint density at radius 1 is 0.933 bits per heavy atom. The molecular formula is C25H29N3O2. The molecule has 0 atom stereocenters. The molecule has 0 saturated carbocycles. The van der Waals surface area contributed by atoms with E-state index in [1.165, 1.54) is 5.69 Å². The van der Waals surface area contributed by atoms with Gasteiger partial charge in [0.25, 0.3) is 0 Å². The van der Waals surface area contributed by atoms with Gasteiger partial charge in [0.2, 0.25) is 5.91 Å². The molecule has 30 heavy (non-hydrogen) atoms. The Morgan fingerprint density at radius 3 is 2.47 bits per heavy atom. The first-order valence-corrected chi connectivity index (χ1v) is 10.6.